The number of fused-ring (bicyclic) bond motifs is 2. The van der Waals surface area contributed by atoms with Gasteiger partial charge in [-0.15, -0.1) is 11.3 Å². The van der Waals surface area contributed by atoms with Crippen LogP contribution in [0.5, 0.6) is 0 Å². The molecule has 2 aliphatic carbocycles. The fourth-order valence-electron chi connectivity index (χ4n) is 3.81. The monoisotopic (exact) mass is 413 g/mol. The van der Waals surface area contributed by atoms with Crippen molar-refractivity contribution < 1.29 is 13.6 Å². The van der Waals surface area contributed by atoms with E-state index >= 15 is 0 Å². The quantitative estimate of drug-likeness (QED) is 0.677. The van der Waals surface area contributed by atoms with E-state index in [0.717, 1.165) is 53.5 Å². The Hall–Kier alpha value is -2.86. The molecule has 2 aliphatic rings. The molecule has 1 saturated carbocycles. The number of thiophene rings is 1. The Morgan fingerprint density at radius 3 is 2.83 bits per heavy atom. The first-order chi connectivity index (χ1) is 14.0. The van der Waals surface area contributed by atoms with E-state index in [4.69, 9.17) is 0 Å². The van der Waals surface area contributed by atoms with Crippen molar-refractivity contribution in [1.82, 2.24) is 14.6 Å². The molecule has 0 spiro atoms. The maximum atomic E-state index is 13.5. The van der Waals surface area contributed by atoms with Crippen molar-refractivity contribution >= 4 is 27.9 Å². The van der Waals surface area contributed by atoms with Crippen molar-refractivity contribution in [2.75, 3.05) is 5.32 Å². The number of carbonyl (C=O) groups is 1. The minimum absolute atomic E-state index is 0.00242. The lowest BCUT2D eigenvalue weighted by Gasteiger charge is -2.09. The van der Waals surface area contributed by atoms with Gasteiger partial charge >= 0.3 is 0 Å². The Bertz CT molecular complexity index is 1170. The number of nitriles is 1. The summed E-state index contributed by atoms with van der Waals surface area (Å²) in [6.45, 7) is 0. The summed E-state index contributed by atoms with van der Waals surface area (Å²) in [6.07, 6.45) is 3.01. The molecule has 1 fully saturated rings. The molecule has 0 atom stereocenters. The molecule has 6 nitrogen and oxygen atoms in total. The highest BCUT2D eigenvalue weighted by Gasteiger charge is 2.29. The third kappa shape index (κ3) is 3.17. The normalized spacial score (nSPS) is 16.1. The largest absolute Gasteiger partial charge is 0.311 e. The van der Waals surface area contributed by atoms with E-state index in [0.29, 0.717) is 16.3 Å². The SMILES string of the molecule is N#Cc1c(NC(=O)c2cc3nc(C4CC4)cc(C(F)F)n3n2)sc2c1CCCC2. The molecule has 0 aromatic carbocycles. The predicted octanol–water partition coefficient (Wildman–Crippen LogP) is 4.61. The number of hydrogen-bond donors (Lipinski definition) is 1. The van der Waals surface area contributed by atoms with Gasteiger partial charge < -0.3 is 5.32 Å². The van der Waals surface area contributed by atoms with E-state index < -0.39 is 12.3 Å². The van der Waals surface area contributed by atoms with Crippen LogP contribution in [0.3, 0.4) is 0 Å². The lowest BCUT2D eigenvalue weighted by Crippen LogP contribution is -2.13. The summed E-state index contributed by atoms with van der Waals surface area (Å²) in [5.41, 5.74) is 2.12. The first-order valence-electron chi connectivity index (χ1n) is 9.60. The van der Waals surface area contributed by atoms with Crippen molar-refractivity contribution in [1.29, 1.82) is 5.26 Å². The van der Waals surface area contributed by atoms with Crippen molar-refractivity contribution in [3.63, 3.8) is 0 Å². The van der Waals surface area contributed by atoms with Gasteiger partial charge in [-0.05, 0) is 50.2 Å². The number of aryl methyl sites for hydroxylation is 1. The summed E-state index contributed by atoms with van der Waals surface area (Å²) in [7, 11) is 0. The molecule has 5 rings (SSSR count). The third-order valence-electron chi connectivity index (χ3n) is 5.44. The van der Waals surface area contributed by atoms with E-state index in [1.807, 2.05) is 0 Å². The second kappa shape index (κ2) is 6.88. The Labute approximate surface area is 169 Å². The van der Waals surface area contributed by atoms with Gasteiger partial charge in [0, 0.05) is 22.6 Å². The fourth-order valence-corrected chi connectivity index (χ4v) is 5.05. The standard InChI is InChI=1S/C20H17F2N5OS/c21-18(22)15-7-13(10-5-6-10)24-17-8-14(26-27(15)17)19(28)25-20-12(9-23)11-3-1-2-4-16(11)29-20/h7-8,10,18H,1-6H2,(H,25,28). The zero-order valence-corrected chi connectivity index (χ0v) is 16.2. The van der Waals surface area contributed by atoms with Gasteiger partial charge in [0.25, 0.3) is 12.3 Å². The Kier molecular flexibility index (Phi) is 4.32. The highest BCUT2D eigenvalue weighted by molar-refractivity contribution is 7.16. The summed E-state index contributed by atoms with van der Waals surface area (Å²) in [6, 6.07) is 5.00. The van der Waals surface area contributed by atoms with Crippen molar-refractivity contribution in [3.05, 3.63) is 45.2 Å². The molecule has 3 heterocycles. The second-order valence-corrected chi connectivity index (χ2v) is 8.57. The molecule has 29 heavy (non-hydrogen) atoms. The number of anilines is 1. The van der Waals surface area contributed by atoms with Gasteiger partial charge in [-0.1, -0.05) is 0 Å². The molecule has 1 amide bonds. The van der Waals surface area contributed by atoms with Crippen LogP contribution >= 0.6 is 11.3 Å². The number of hydrogen-bond acceptors (Lipinski definition) is 5. The number of nitrogens with zero attached hydrogens (tertiary/aromatic N) is 4. The molecular formula is C20H17F2N5OS. The predicted molar refractivity (Wildman–Crippen MR) is 104 cm³/mol. The first kappa shape index (κ1) is 18.2. The van der Waals surface area contributed by atoms with Crippen molar-refractivity contribution in [2.45, 2.75) is 50.9 Å². The Morgan fingerprint density at radius 1 is 1.31 bits per heavy atom. The van der Waals surface area contributed by atoms with Crippen LogP contribution in [0, 0.1) is 11.3 Å². The summed E-state index contributed by atoms with van der Waals surface area (Å²) in [5.74, 6) is -0.320. The van der Waals surface area contributed by atoms with E-state index in [1.165, 1.54) is 23.5 Å². The number of amides is 1. The summed E-state index contributed by atoms with van der Waals surface area (Å²) in [5, 5.41) is 16.9. The molecule has 3 aromatic rings. The fraction of sp³-hybridized carbons (Fsp3) is 0.400. The molecule has 0 radical (unpaired) electrons. The van der Waals surface area contributed by atoms with Gasteiger partial charge in [0.15, 0.2) is 11.3 Å². The maximum absolute atomic E-state index is 13.5. The Balaban J connectivity index is 1.50. The Morgan fingerprint density at radius 2 is 2.10 bits per heavy atom. The van der Waals surface area contributed by atoms with E-state index in [1.54, 1.807) is 0 Å². The topological polar surface area (TPSA) is 83.1 Å². The molecule has 9 heteroatoms. The molecule has 1 N–H and O–H groups in total. The highest BCUT2D eigenvalue weighted by atomic mass is 32.1. The van der Waals surface area contributed by atoms with Crippen LogP contribution < -0.4 is 5.32 Å². The number of rotatable bonds is 4. The van der Waals surface area contributed by atoms with Gasteiger partial charge in [0.1, 0.15) is 16.8 Å². The highest BCUT2D eigenvalue weighted by Crippen LogP contribution is 2.40. The smallest absolute Gasteiger partial charge is 0.280 e. The molecule has 0 unspecified atom stereocenters. The van der Waals surface area contributed by atoms with Crippen molar-refractivity contribution in [3.8, 4) is 6.07 Å². The zero-order chi connectivity index (χ0) is 20.1. The minimum Gasteiger partial charge on any atom is -0.311 e. The van der Waals surface area contributed by atoms with Gasteiger partial charge in [-0.2, -0.15) is 10.4 Å². The van der Waals surface area contributed by atoms with Crippen LogP contribution in [-0.2, 0) is 12.8 Å². The number of aromatic nitrogens is 3. The van der Waals surface area contributed by atoms with E-state index in [2.05, 4.69) is 21.5 Å². The molecule has 0 bridgehead atoms. The summed E-state index contributed by atoms with van der Waals surface area (Å²) in [4.78, 5) is 18.3. The average molecular weight is 413 g/mol. The minimum atomic E-state index is -2.72. The number of nitrogens with one attached hydrogen (secondary N) is 1. The van der Waals surface area contributed by atoms with Crippen LogP contribution in [0.25, 0.3) is 5.65 Å². The van der Waals surface area contributed by atoms with E-state index in [-0.39, 0.29) is 23.0 Å². The molecule has 0 saturated heterocycles. The van der Waals surface area contributed by atoms with Crippen LogP contribution in [0.1, 0.15) is 75.9 Å². The molecule has 3 aromatic heterocycles. The van der Waals surface area contributed by atoms with E-state index in [9.17, 15) is 18.8 Å². The lowest BCUT2D eigenvalue weighted by atomic mass is 9.96. The van der Waals surface area contributed by atoms with Crippen molar-refractivity contribution in [2.24, 2.45) is 0 Å². The third-order valence-corrected chi connectivity index (χ3v) is 6.64. The number of alkyl halides is 2. The van der Waals surface area contributed by atoms with Gasteiger partial charge in [0.05, 0.1) is 5.56 Å². The number of carbonyl (C=O) groups excluding carboxylic acids is 1. The van der Waals surface area contributed by atoms with Gasteiger partial charge in [-0.3, -0.25) is 4.79 Å². The maximum Gasteiger partial charge on any atom is 0.280 e. The first-order valence-corrected chi connectivity index (χ1v) is 10.4. The van der Waals surface area contributed by atoms with Crippen LogP contribution in [-0.4, -0.2) is 20.5 Å². The summed E-state index contributed by atoms with van der Waals surface area (Å²) < 4.78 is 28.1. The zero-order valence-electron chi connectivity index (χ0n) is 15.4. The average Bonchev–Trinajstić information content (AvgIpc) is 3.37. The molecule has 148 valence electrons. The lowest BCUT2D eigenvalue weighted by molar-refractivity contribution is 0.102. The summed E-state index contributed by atoms with van der Waals surface area (Å²) >= 11 is 1.41. The van der Waals surface area contributed by atoms with Crippen LogP contribution in [0.2, 0.25) is 0 Å². The molecule has 0 aliphatic heterocycles. The van der Waals surface area contributed by atoms with Gasteiger partial charge in [-0.25, -0.2) is 18.3 Å². The van der Waals surface area contributed by atoms with Gasteiger partial charge in [0.2, 0.25) is 0 Å². The second-order valence-electron chi connectivity index (χ2n) is 7.46. The molecular weight excluding hydrogens is 396 g/mol. The van der Waals surface area contributed by atoms with Crippen LogP contribution in [0.4, 0.5) is 13.8 Å². The number of halogens is 2. The van der Waals surface area contributed by atoms with Crippen LogP contribution in [0.15, 0.2) is 12.1 Å².